The predicted octanol–water partition coefficient (Wildman–Crippen LogP) is 4.42. The summed E-state index contributed by atoms with van der Waals surface area (Å²) in [6.07, 6.45) is 8.18. The molecule has 3 heterocycles. The van der Waals surface area contributed by atoms with Crippen molar-refractivity contribution in [2.75, 3.05) is 13.1 Å². The lowest BCUT2D eigenvalue weighted by Crippen LogP contribution is -2.72. The van der Waals surface area contributed by atoms with Gasteiger partial charge in [-0.25, -0.2) is 0 Å². The van der Waals surface area contributed by atoms with Crippen LogP contribution in [0.3, 0.4) is 0 Å². The maximum absolute atomic E-state index is 13.9. The quantitative estimate of drug-likeness (QED) is 0.689. The Kier molecular flexibility index (Phi) is 6.77. The fraction of sp³-hybridized carbons (Fsp3) is 0.571. The number of hydrogen-bond donors (Lipinski definition) is 1. The Balaban J connectivity index is 1.34. The van der Waals surface area contributed by atoms with E-state index in [0.29, 0.717) is 25.3 Å². The molecule has 182 valence electrons. The first-order valence-corrected chi connectivity index (χ1v) is 13.0. The van der Waals surface area contributed by atoms with Crippen LogP contribution < -0.4 is 5.32 Å². The third kappa shape index (κ3) is 4.78. The first-order chi connectivity index (χ1) is 16.5. The van der Waals surface area contributed by atoms with Crippen LogP contribution >= 0.6 is 0 Å². The smallest absolute Gasteiger partial charge is 0.246 e. The molecule has 2 aromatic rings. The monoisotopic (exact) mass is 463 g/mol. The van der Waals surface area contributed by atoms with Crippen LogP contribution in [0.2, 0.25) is 0 Å². The summed E-state index contributed by atoms with van der Waals surface area (Å²) in [5, 5.41) is 3.19. The molecule has 6 heteroatoms. The summed E-state index contributed by atoms with van der Waals surface area (Å²) >= 11 is 0. The van der Waals surface area contributed by atoms with Gasteiger partial charge >= 0.3 is 0 Å². The number of carbonyl (C=O) groups is 2. The molecule has 0 bridgehead atoms. The molecule has 1 unspecified atom stereocenters. The fourth-order valence-electron chi connectivity index (χ4n) is 6.16. The zero-order valence-electron chi connectivity index (χ0n) is 20.3. The average Bonchev–Trinajstić information content (AvgIpc) is 3.27. The van der Waals surface area contributed by atoms with Crippen molar-refractivity contribution in [1.29, 1.82) is 0 Å². The van der Waals surface area contributed by atoms with Crippen LogP contribution in [0, 0.1) is 12.8 Å². The summed E-state index contributed by atoms with van der Waals surface area (Å²) in [5.74, 6) is 2.54. The van der Waals surface area contributed by atoms with Gasteiger partial charge in [-0.2, -0.15) is 0 Å². The minimum atomic E-state index is -0.772. The zero-order chi connectivity index (χ0) is 23.5. The molecule has 3 fully saturated rings. The minimum absolute atomic E-state index is 0.0392. The minimum Gasteiger partial charge on any atom is -0.465 e. The van der Waals surface area contributed by atoms with Crippen molar-refractivity contribution in [2.24, 2.45) is 5.92 Å². The fourth-order valence-corrected chi connectivity index (χ4v) is 6.16. The van der Waals surface area contributed by atoms with Gasteiger partial charge in [0, 0.05) is 19.6 Å². The molecule has 1 spiro atoms. The highest BCUT2D eigenvalue weighted by atomic mass is 16.3. The molecule has 2 saturated heterocycles. The van der Waals surface area contributed by atoms with Crippen LogP contribution in [0.15, 0.2) is 46.9 Å². The lowest BCUT2D eigenvalue weighted by atomic mass is 9.79. The van der Waals surface area contributed by atoms with Gasteiger partial charge in [-0.15, -0.1) is 0 Å². The number of furan rings is 1. The van der Waals surface area contributed by atoms with E-state index < -0.39 is 11.6 Å². The Morgan fingerprint density at radius 1 is 0.971 bits per heavy atom. The Morgan fingerprint density at radius 2 is 1.71 bits per heavy atom. The molecule has 5 rings (SSSR count). The van der Waals surface area contributed by atoms with Gasteiger partial charge in [0.2, 0.25) is 11.8 Å². The van der Waals surface area contributed by atoms with E-state index in [1.165, 1.54) is 32.1 Å². The molecule has 1 N–H and O–H groups in total. The van der Waals surface area contributed by atoms with E-state index in [9.17, 15) is 9.59 Å². The van der Waals surface area contributed by atoms with Crippen molar-refractivity contribution in [2.45, 2.75) is 83.0 Å². The van der Waals surface area contributed by atoms with E-state index in [2.05, 4.69) is 22.3 Å². The second-order valence-corrected chi connectivity index (χ2v) is 10.5. The summed E-state index contributed by atoms with van der Waals surface area (Å²) in [6, 6.07) is 13.7. The van der Waals surface area contributed by atoms with E-state index in [1.54, 1.807) is 0 Å². The average molecular weight is 464 g/mol. The number of rotatable bonds is 6. The van der Waals surface area contributed by atoms with Crippen LogP contribution in [-0.4, -0.2) is 46.3 Å². The molecule has 6 nitrogen and oxygen atoms in total. The Morgan fingerprint density at radius 3 is 2.38 bits per heavy atom. The molecular formula is C28H37N3O3. The molecule has 1 atom stereocenters. The first kappa shape index (κ1) is 23.2. The summed E-state index contributed by atoms with van der Waals surface area (Å²) in [7, 11) is 0. The highest BCUT2D eigenvalue weighted by molar-refractivity contribution is 6.00. The number of nitrogens with zero attached hydrogens (tertiary/aromatic N) is 2. The lowest BCUT2D eigenvalue weighted by molar-refractivity contribution is -0.163. The van der Waals surface area contributed by atoms with Crippen molar-refractivity contribution in [1.82, 2.24) is 15.1 Å². The second-order valence-electron chi connectivity index (χ2n) is 10.5. The first-order valence-electron chi connectivity index (χ1n) is 13.0. The normalized spacial score (nSPS) is 23.9. The maximum atomic E-state index is 13.9. The highest BCUT2D eigenvalue weighted by Crippen LogP contribution is 2.37. The van der Waals surface area contributed by atoms with Crippen molar-refractivity contribution >= 4 is 11.8 Å². The number of piperazine rings is 1. The van der Waals surface area contributed by atoms with E-state index in [0.717, 1.165) is 43.1 Å². The van der Waals surface area contributed by atoms with E-state index >= 15 is 0 Å². The summed E-state index contributed by atoms with van der Waals surface area (Å²) in [4.78, 5) is 31.8. The van der Waals surface area contributed by atoms with Crippen LogP contribution in [-0.2, 0) is 22.7 Å². The van der Waals surface area contributed by atoms with Gasteiger partial charge in [-0.1, -0.05) is 62.4 Å². The highest BCUT2D eigenvalue weighted by Gasteiger charge is 2.53. The van der Waals surface area contributed by atoms with Gasteiger partial charge in [-0.05, 0) is 49.8 Å². The molecular weight excluding hydrogens is 426 g/mol. The zero-order valence-corrected chi connectivity index (χ0v) is 20.3. The largest absolute Gasteiger partial charge is 0.465 e. The molecule has 1 saturated carbocycles. The number of amides is 2. The Bertz CT molecular complexity index is 987. The maximum Gasteiger partial charge on any atom is 0.246 e. The van der Waals surface area contributed by atoms with Crippen LogP contribution in [0.5, 0.6) is 0 Å². The van der Waals surface area contributed by atoms with Crippen LogP contribution in [0.1, 0.15) is 68.5 Å². The number of aryl methyl sites for hydroxylation is 1. The number of benzene rings is 1. The van der Waals surface area contributed by atoms with Crippen molar-refractivity contribution < 1.29 is 14.0 Å². The number of carbonyl (C=O) groups excluding carboxylic acids is 2. The topological polar surface area (TPSA) is 65.8 Å². The summed E-state index contributed by atoms with van der Waals surface area (Å²) in [5.41, 5.74) is 0.306. The van der Waals surface area contributed by atoms with Gasteiger partial charge in [0.25, 0.3) is 0 Å². The molecule has 2 amide bonds. The van der Waals surface area contributed by atoms with Gasteiger partial charge in [0.1, 0.15) is 23.1 Å². The lowest BCUT2D eigenvalue weighted by Gasteiger charge is -2.52. The number of piperidine rings is 1. The van der Waals surface area contributed by atoms with Gasteiger partial charge in [0.15, 0.2) is 0 Å². The SMILES string of the molecule is Cc1ccc(CN2CCC3(CC2)C(=O)NC(CC2CCCCC2)C(=O)N3Cc2ccccc2)o1. The summed E-state index contributed by atoms with van der Waals surface area (Å²) in [6.45, 7) is 4.71. The van der Waals surface area contributed by atoms with E-state index in [-0.39, 0.29) is 11.8 Å². The van der Waals surface area contributed by atoms with E-state index in [4.69, 9.17) is 4.42 Å². The molecule has 2 aliphatic heterocycles. The molecule has 1 aliphatic carbocycles. The summed E-state index contributed by atoms with van der Waals surface area (Å²) < 4.78 is 5.76. The predicted molar refractivity (Wildman–Crippen MR) is 131 cm³/mol. The van der Waals surface area contributed by atoms with Crippen molar-refractivity contribution in [3.05, 3.63) is 59.5 Å². The third-order valence-corrected chi connectivity index (χ3v) is 8.14. The van der Waals surface area contributed by atoms with Gasteiger partial charge < -0.3 is 14.6 Å². The number of hydrogen-bond acceptors (Lipinski definition) is 4. The van der Waals surface area contributed by atoms with Crippen LogP contribution in [0.4, 0.5) is 0 Å². The number of nitrogens with one attached hydrogen (secondary N) is 1. The van der Waals surface area contributed by atoms with Crippen molar-refractivity contribution in [3.63, 3.8) is 0 Å². The third-order valence-electron chi connectivity index (χ3n) is 8.14. The standard InChI is InChI=1S/C28H37N3O3/c1-21-12-13-24(34-21)20-30-16-14-28(15-17-30)27(33)29-25(18-22-8-4-2-5-9-22)26(32)31(28)19-23-10-6-3-7-11-23/h3,6-7,10-13,22,25H,2,4-5,8-9,14-20H2,1H3,(H,29,33). The Hall–Kier alpha value is -2.60. The second kappa shape index (κ2) is 9.95. The molecule has 3 aliphatic rings. The van der Waals surface area contributed by atoms with E-state index in [1.807, 2.05) is 42.2 Å². The molecule has 1 aromatic heterocycles. The molecule has 1 aromatic carbocycles. The van der Waals surface area contributed by atoms with Gasteiger partial charge in [-0.3, -0.25) is 14.5 Å². The van der Waals surface area contributed by atoms with Crippen LogP contribution in [0.25, 0.3) is 0 Å². The number of likely N-dealkylation sites (tertiary alicyclic amines) is 1. The van der Waals surface area contributed by atoms with Crippen molar-refractivity contribution in [3.8, 4) is 0 Å². The van der Waals surface area contributed by atoms with Gasteiger partial charge in [0.05, 0.1) is 6.54 Å². The Labute approximate surface area is 202 Å². The molecule has 34 heavy (non-hydrogen) atoms. The molecule has 0 radical (unpaired) electrons.